The van der Waals surface area contributed by atoms with Crippen molar-refractivity contribution < 1.29 is 24.9 Å². The Morgan fingerprint density at radius 3 is 2.22 bits per heavy atom. The third-order valence-corrected chi connectivity index (χ3v) is 4.06. The van der Waals surface area contributed by atoms with Crippen LogP contribution < -0.4 is 0 Å². The fraction of sp³-hybridized carbons (Fsp3) is 0.692. The van der Waals surface area contributed by atoms with Crippen LogP contribution >= 0.6 is 0 Å². The largest absolute Gasteiger partial charge is 0.481 e. The van der Waals surface area contributed by atoms with E-state index in [1.54, 1.807) is 13.0 Å². The summed E-state index contributed by atoms with van der Waals surface area (Å²) in [6, 6.07) is 0. The van der Waals surface area contributed by atoms with Gasteiger partial charge in [0, 0.05) is 6.61 Å². The predicted octanol–water partition coefficient (Wildman–Crippen LogP) is 1.66. The Balaban J connectivity index is 3.39. The number of rotatable bonds is 5. The third kappa shape index (κ3) is 2.03. The zero-order chi connectivity index (χ0) is 13.8. The molecule has 0 aliphatic heterocycles. The minimum Gasteiger partial charge on any atom is -0.481 e. The molecular weight excluding hydrogens is 236 g/mol. The lowest BCUT2D eigenvalue weighted by Gasteiger charge is -2.46. The first-order chi connectivity index (χ1) is 8.47. The average Bonchev–Trinajstić information content (AvgIpc) is 2.31. The van der Waals surface area contributed by atoms with Crippen molar-refractivity contribution in [3.8, 4) is 0 Å². The molecule has 2 unspecified atom stereocenters. The van der Waals surface area contributed by atoms with Gasteiger partial charge in [-0.1, -0.05) is 25.0 Å². The molecule has 0 heterocycles. The normalized spacial score (nSPS) is 32.6. The summed E-state index contributed by atoms with van der Waals surface area (Å²) in [7, 11) is 0. The van der Waals surface area contributed by atoms with E-state index in [0.29, 0.717) is 25.7 Å². The number of hydrogen-bond acceptors (Lipinski definition) is 3. The second-order valence-electron chi connectivity index (χ2n) is 4.84. The SMILES string of the molecule is CC=CC1(C(=O)O)CCCCC1(CCO)C(=O)O. The summed E-state index contributed by atoms with van der Waals surface area (Å²) >= 11 is 0. The Labute approximate surface area is 106 Å². The van der Waals surface area contributed by atoms with E-state index in [0.717, 1.165) is 0 Å². The van der Waals surface area contributed by atoms with Gasteiger partial charge in [-0.3, -0.25) is 9.59 Å². The fourth-order valence-electron chi connectivity index (χ4n) is 3.15. The van der Waals surface area contributed by atoms with Gasteiger partial charge >= 0.3 is 11.9 Å². The molecule has 0 aromatic carbocycles. The number of aliphatic carboxylic acids is 2. The van der Waals surface area contributed by atoms with E-state index < -0.39 is 22.8 Å². The minimum absolute atomic E-state index is 0.0288. The lowest BCUT2D eigenvalue weighted by atomic mass is 9.54. The summed E-state index contributed by atoms with van der Waals surface area (Å²) < 4.78 is 0. The summed E-state index contributed by atoms with van der Waals surface area (Å²) in [5.74, 6) is -2.24. The van der Waals surface area contributed by atoms with E-state index in [1.165, 1.54) is 6.08 Å². The third-order valence-electron chi connectivity index (χ3n) is 4.06. The number of aliphatic hydroxyl groups excluding tert-OH is 1. The van der Waals surface area contributed by atoms with Crippen LogP contribution in [0.4, 0.5) is 0 Å². The Kier molecular flexibility index (Phi) is 4.51. The summed E-state index contributed by atoms with van der Waals surface area (Å²) in [6.45, 7) is 1.36. The first-order valence-corrected chi connectivity index (χ1v) is 6.18. The molecule has 0 saturated heterocycles. The van der Waals surface area contributed by atoms with Gasteiger partial charge < -0.3 is 15.3 Å². The summed E-state index contributed by atoms with van der Waals surface area (Å²) in [5, 5.41) is 28.2. The number of aliphatic hydroxyl groups is 1. The summed E-state index contributed by atoms with van der Waals surface area (Å²) in [4.78, 5) is 23.3. The van der Waals surface area contributed by atoms with Crippen LogP contribution in [0.25, 0.3) is 0 Å². The van der Waals surface area contributed by atoms with Crippen molar-refractivity contribution in [1.82, 2.24) is 0 Å². The molecule has 0 aromatic rings. The standard InChI is InChI=1S/C13H20O5/c1-2-5-12(10(15)16)6-3-4-7-13(12,8-9-14)11(17)18/h2,5,14H,3-4,6-9H2,1H3,(H,15,16)(H,17,18). The van der Waals surface area contributed by atoms with Crippen molar-refractivity contribution >= 4 is 11.9 Å². The quantitative estimate of drug-likeness (QED) is 0.650. The van der Waals surface area contributed by atoms with Gasteiger partial charge in [0.1, 0.15) is 5.41 Å². The zero-order valence-electron chi connectivity index (χ0n) is 10.6. The molecule has 0 radical (unpaired) electrons. The lowest BCUT2D eigenvalue weighted by Crippen LogP contribution is -2.54. The second kappa shape index (κ2) is 5.52. The van der Waals surface area contributed by atoms with Gasteiger partial charge in [0.2, 0.25) is 0 Å². The van der Waals surface area contributed by atoms with Gasteiger partial charge in [-0.15, -0.1) is 0 Å². The monoisotopic (exact) mass is 256 g/mol. The van der Waals surface area contributed by atoms with E-state index in [4.69, 9.17) is 5.11 Å². The van der Waals surface area contributed by atoms with Gasteiger partial charge in [-0.2, -0.15) is 0 Å². The van der Waals surface area contributed by atoms with Gasteiger partial charge in [0.15, 0.2) is 0 Å². The van der Waals surface area contributed by atoms with E-state index in [-0.39, 0.29) is 13.0 Å². The molecule has 0 aromatic heterocycles. The highest BCUT2D eigenvalue weighted by Gasteiger charge is 2.60. The molecule has 5 nitrogen and oxygen atoms in total. The molecule has 1 aliphatic rings. The highest BCUT2D eigenvalue weighted by molar-refractivity contribution is 5.88. The van der Waals surface area contributed by atoms with Crippen LogP contribution in [0.1, 0.15) is 39.0 Å². The Morgan fingerprint density at radius 2 is 1.78 bits per heavy atom. The maximum atomic E-state index is 11.7. The maximum absolute atomic E-state index is 11.7. The van der Waals surface area contributed by atoms with Crippen molar-refractivity contribution in [1.29, 1.82) is 0 Å². The van der Waals surface area contributed by atoms with Crippen LogP contribution in [0.15, 0.2) is 12.2 Å². The Morgan fingerprint density at radius 1 is 1.17 bits per heavy atom. The average molecular weight is 256 g/mol. The number of allylic oxidation sites excluding steroid dienone is 1. The molecular formula is C13H20O5. The Bertz CT molecular complexity index is 358. The van der Waals surface area contributed by atoms with Crippen LogP contribution in [0.5, 0.6) is 0 Å². The molecule has 5 heteroatoms. The van der Waals surface area contributed by atoms with Crippen molar-refractivity contribution in [2.24, 2.45) is 10.8 Å². The van der Waals surface area contributed by atoms with Crippen molar-refractivity contribution in [3.63, 3.8) is 0 Å². The van der Waals surface area contributed by atoms with Crippen LogP contribution in [0.2, 0.25) is 0 Å². The van der Waals surface area contributed by atoms with Crippen molar-refractivity contribution in [2.75, 3.05) is 6.61 Å². The highest BCUT2D eigenvalue weighted by Crippen LogP contribution is 2.54. The predicted molar refractivity (Wildman–Crippen MR) is 65.1 cm³/mol. The number of carboxylic acid groups (broad SMARTS) is 2. The molecule has 0 amide bonds. The van der Waals surface area contributed by atoms with Gasteiger partial charge in [0.25, 0.3) is 0 Å². The van der Waals surface area contributed by atoms with E-state index in [9.17, 15) is 19.8 Å². The van der Waals surface area contributed by atoms with E-state index >= 15 is 0 Å². The number of hydrogen-bond donors (Lipinski definition) is 3. The maximum Gasteiger partial charge on any atom is 0.314 e. The first-order valence-electron chi connectivity index (χ1n) is 6.18. The molecule has 1 rings (SSSR count). The Hall–Kier alpha value is -1.36. The molecule has 0 bridgehead atoms. The number of carboxylic acids is 2. The molecule has 3 N–H and O–H groups in total. The molecule has 18 heavy (non-hydrogen) atoms. The summed E-state index contributed by atoms with van der Waals surface area (Å²) in [6.07, 6.45) is 5.01. The van der Waals surface area contributed by atoms with Gasteiger partial charge in [0.05, 0.1) is 5.41 Å². The molecule has 102 valence electrons. The van der Waals surface area contributed by atoms with Crippen LogP contribution in [0, 0.1) is 10.8 Å². The minimum atomic E-state index is -1.41. The topological polar surface area (TPSA) is 94.8 Å². The second-order valence-corrected chi connectivity index (χ2v) is 4.84. The smallest absolute Gasteiger partial charge is 0.314 e. The molecule has 2 atom stereocenters. The first kappa shape index (κ1) is 14.7. The van der Waals surface area contributed by atoms with E-state index in [2.05, 4.69) is 0 Å². The van der Waals surface area contributed by atoms with E-state index in [1.807, 2.05) is 0 Å². The number of carbonyl (C=O) groups is 2. The molecule has 1 saturated carbocycles. The summed E-state index contributed by atoms with van der Waals surface area (Å²) in [5.41, 5.74) is -2.81. The molecule has 0 spiro atoms. The van der Waals surface area contributed by atoms with Crippen molar-refractivity contribution in [2.45, 2.75) is 39.0 Å². The molecule has 1 fully saturated rings. The highest BCUT2D eigenvalue weighted by atomic mass is 16.4. The lowest BCUT2D eigenvalue weighted by molar-refractivity contribution is -0.176. The molecule has 1 aliphatic carbocycles. The fourth-order valence-corrected chi connectivity index (χ4v) is 3.15. The zero-order valence-corrected chi connectivity index (χ0v) is 10.6. The van der Waals surface area contributed by atoms with Crippen LogP contribution in [-0.2, 0) is 9.59 Å². The van der Waals surface area contributed by atoms with Crippen molar-refractivity contribution in [3.05, 3.63) is 12.2 Å². The van der Waals surface area contributed by atoms with Gasteiger partial charge in [-0.25, -0.2) is 0 Å². The van der Waals surface area contributed by atoms with Crippen LogP contribution in [0.3, 0.4) is 0 Å². The van der Waals surface area contributed by atoms with Crippen LogP contribution in [-0.4, -0.2) is 33.9 Å². The van der Waals surface area contributed by atoms with Gasteiger partial charge in [-0.05, 0) is 26.2 Å².